The molecule has 0 saturated heterocycles. The van der Waals surface area contributed by atoms with Gasteiger partial charge in [-0.1, -0.05) is 42.5 Å². The highest BCUT2D eigenvalue weighted by atomic mass is 16.4. The van der Waals surface area contributed by atoms with E-state index >= 15 is 0 Å². The largest absolute Gasteiger partial charge is 0.481 e. The van der Waals surface area contributed by atoms with Gasteiger partial charge in [0.25, 0.3) is 11.8 Å². The van der Waals surface area contributed by atoms with Crippen LogP contribution in [0.1, 0.15) is 40.7 Å². The number of carbonyl (C=O) groups excluding carboxylic acids is 3. The molecule has 2 rings (SSSR count). The number of nitrogens with zero attached hydrogens (tertiary/aromatic N) is 2. The molecule has 0 heterocycles. The fourth-order valence-electron chi connectivity index (χ4n) is 4.59. The van der Waals surface area contributed by atoms with Gasteiger partial charge < -0.3 is 31.5 Å². The third-order valence-corrected chi connectivity index (χ3v) is 7.03. The van der Waals surface area contributed by atoms with Crippen molar-refractivity contribution in [3.8, 4) is 0 Å². The summed E-state index contributed by atoms with van der Waals surface area (Å²) in [4.78, 5) is 85.1. The molecule has 0 aliphatic rings. The molecule has 0 aliphatic carbocycles. The zero-order valence-electron chi connectivity index (χ0n) is 26.0. The first-order chi connectivity index (χ1) is 22.7. The maximum absolute atomic E-state index is 12.8. The lowest BCUT2D eigenvalue weighted by atomic mass is 10.1. The second-order valence-electron chi connectivity index (χ2n) is 10.9. The van der Waals surface area contributed by atoms with Crippen molar-refractivity contribution >= 4 is 41.6 Å². The molecule has 0 saturated carbocycles. The monoisotopic (exact) mass is 672 g/mol. The van der Waals surface area contributed by atoms with E-state index in [0.29, 0.717) is 18.4 Å². The summed E-state index contributed by atoms with van der Waals surface area (Å²) in [6, 6.07) is 13.5. The summed E-state index contributed by atoms with van der Waals surface area (Å²) in [5, 5.41) is 39.4. The molecule has 3 amide bonds. The van der Waals surface area contributed by atoms with Gasteiger partial charge in [-0.3, -0.25) is 54.2 Å². The first-order valence-electron chi connectivity index (χ1n) is 14.8. The Hall–Kier alpha value is -5.39. The normalized spacial score (nSPS) is 11.6. The van der Waals surface area contributed by atoms with Gasteiger partial charge in [0, 0.05) is 31.2 Å². The van der Waals surface area contributed by atoms with Crippen LogP contribution in [-0.2, 0) is 41.7 Å². The van der Waals surface area contributed by atoms with E-state index in [1.54, 1.807) is 12.1 Å². The van der Waals surface area contributed by atoms with Crippen LogP contribution in [0.25, 0.3) is 0 Å². The molecule has 0 aliphatic heterocycles. The number of rotatable bonds is 21. The summed E-state index contributed by atoms with van der Waals surface area (Å²) in [7, 11) is 0. The number of carboxylic acids is 4. The molecular formula is C31H40N6O11. The Balaban J connectivity index is 1.95. The number of benzene rings is 2. The van der Waals surface area contributed by atoms with Gasteiger partial charge >= 0.3 is 23.9 Å². The van der Waals surface area contributed by atoms with E-state index in [1.165, 1.54) is 17.0 Å². The van der Waals surface area contributed by atoms with Crippen LogP contribution in [0, 0.1) is 0 Å². The molecule has 17 heteroatoms. The molecule has 260 valence electrons. The number of nitrogens with two attached hydrogens (primary N) is 1. The predicted octanol–water partition coefficient (Wildman–Crippen LogP) is -0.885. The van der Waals surface area contributed by atoms with Crippen LogP contribution in [0.2, 0.25) is 0 Å². The standard InChI is InChI=1S/C31H40N6O11/c32-24(11-8-20-4-2-1-3-5-20)31(48)35-34-30(47)22-9-6-21(7-10-22)16-33-25(38)17-37(23(14-26(39)40)15-27(41)42)13-12-36(18-28(43)44)19-29(45)46/h1-7,9-10,23-24H,8,11-19,32H2,(H,33,38)(H,34,47)(H,35,48)(H,39,40)(H,41,42)(H,43,44)(H,45,46)/t24-/m1/s1. The van der Waals surface area contributed by atoms with Gasteiger partial charge in [0.2, 0.25) is 5.91 Å². The van der Waals surface area contributed by atoms with Gasteiger partial charge in [-0.15, -0.1) is 0 Å². The molecule has 0 bridgehead atoms. The number of hydrogen-bond donors (Lipinski definition) is 8. The average molecular weight is 673 g/mol. The number of carboxylic acid groups (broad SMARTS) is 4. The highest BCUT2D eigenvalue weighted by Crippen LogP contribution is 2.11. The first kappa shape index (κ1) is 38.8. The fraction of sp³-hybridized carbons (Fsp3) is 0.387. The summed E-state index contributed by atoms with van der Waals surface area (Å²) in [6.07, 6.45) is -0.317. The molecule has 2 aromatic rings. The number of aryl methyl sites for hydroxylation is 1. The summed E-state index contributed by atoms with van der Waals surface area (Å²) >= 11 is 0. The van der Waals surface area contributed by atoms with Crippen molar-refractivity contribution in [2.24, 2.45) is 5.73 Å². The highest BCUT2D eigenvalue weighted by Gasteiger charge is 2.27. The molecule has 48 heavy (non-hydrogen) atoms. The summed E-state index contributed by atoms with van der Waals surface area (Å²) in [6.45, 7) is -2.17. The van der Waals surface area contributed by atoms with E-state index in [2.05, 4.69) is 16.2 Å². The molecule has 9 N–H and O–H groups in total. The highest BCUT2D eigenvalue weighted by molar-refractivity contribution is 5.95. The molecular weight excluding hydrogens is 632 g/mol. The number of carbonyl (C=O) groups is 7. The Morgan fingerprint density at radius 1 is 0.688 bits per heavy atom. The van der Waals surface area contributed by atoms with Crippen molar-refractivity contribution in [1.29, 1.82) is 0 Å². The van der Waals surface area contributed by atoms with Crippen molar-refractivity contribution in [3.63, 3.8) is 0 Å². The van der Waals surface area contributed by atoms with E-state index in [0.717, 1.165) is 10.5 Å². The zero-order chi connectivity index (χ0) is 35.6. The van der Waals surface area contributed by atoms with E-state index in [-0.39, 0.29) is 25.2 Å². The van der Waals surface area contributed by atoms with Crippen LogP contribution < -0.4 is 21.9 Å². The third-order valence-electron chi connectivity index (χ3n) is 7.03. The first-order valence-corrected chi connectivity index (χ1v) is 14.8. The van der Waals surface area contributed by atoms with Gasteiger partial charge in [-0.05, 0) is 36.1 Å². The smallest absolute Gasteiger partial charge is 0.317 e. The molecule has 0 radical (unpaired) electrons. The van der Waals surface area contributed by atoms with Gasteiger partial charge in [0.1, 0.15) is 0 Å². The van der Waals surface area contributed by atoms with E-state index in [4.69, 9.17) is 15.9 Å². The predicted molar refractivity (Wildman–Crippen MR) is 168 cm³/mol. The summed E-state index contributed by atoms with van der Waals surface area (Å²) < 4.78 is 0. The minimum absolute atomic E-state index is 0.0196. The Kier molecular flexibility index (Phi) is 16.1. The maximum atomic E-state index is 12.8. The Bertz CT molecular complexity index is 1390. The molecule has 0 aromatic heterocycles. The number of aliphatic carboxylic acids is 4. The third kappa shape index (κ3) is 15.3. The van der Waals surface area contributed by atoms with Crippen LogP contribution in [0.4, 0.5) is 0 Å². The topological polar surface area (TPSA) is 269 Å². The Labute approximate surface area is 275 Å². The molecule has 0 spiro atoms. The number of hydrogen-bond acceptors (Lipinski definition) is 10. The number of amides is 3. The average Bonchev–Trinajstić information content (AvgIpc) is 3.02. The molecule has 1 atom stereocenters. The van der Waals surface area contributed by atoms with Gasteiger partial charge in [-0.2, -0.15) is 0 Å². The SMILES string of the molecule is N[C@H](CCc1ccccc1)C(=O)NNC(=O)c1ccc(CNC(=O)CN(CCN(CC(=O)O)CC(=O)O)C(CC(=O)O)CC(=O)O)cc1. The lowest BCUT2D eigenvalue weighted by Gasteiger charge is -2.31. The lowest BCUT2D eigenvalue weighted by Crippen LogP contribution is -2.49. The van der Waals surface area contributed by atoms with Crippen LogP contribution >= 0.6 is 0 Å². The number of nitrogens with one attached hydrogen (secondary N) is 3. The minimum atomic E-state index is -1.32. The molecule has 2 aromatic carbocycles. The summed E-state index contributed by atoms with van der Waals surface area (Å²) in [5.41, 5.74) is 12.3. The zero-order valence-corrected chi connectivity index (χ0v) is 26.0. The second-order valence-corrected chi connectivity index (χ2v) is 10.9. The van der Waals surface area contributed by atoms with Crippen molar-refractivity contribution in [2.75, 3.05) is 32.7 Å². The Morgan fingerprint density at radius 2 is 1.27 bits per heavy atom. The van der Waals surface area contributed by atoms with Gasteiger partial charge in [-0.25, -0.2) is 0 Å². The van der Waals surface area contributed by atoms with Crippen LogP contribution in [0.3, 0.4) is 0 Å². The van der Waals surface area contributed by atoms with E-state index < -0.39 is 86.2 Å². The van der Waals surface area contributed by atoms with Gasteiger partial charge in [0.15, 0.2) is 0 Å². The summed E-state index contributed by atoms with van der Waals surface area (Å²) in [5.74, 6) is -7.04. The lowest BCUT2D eigenvalue weighted by molar-refractivity contribution is -0.142. The Morgan fingerprint density at radius 3 is 1.81 bits per heavy atom. The molecule has 0 unspecified atom stereocenters. The number of hydrazine groups is 1. The van der Waals surface area contributed by atoms with Crippen molar-refractivity contribution in [3.05, 3.63) is 71.3 Å². The van der Waals surface area contributed by atoms with Crippen molar-refractivity contribution in [1.82, 2.24) is 26.0 Å². The molecule has 17 nitrogen and oxygen atoms in total. The maximum Gasteiger partial charge on any atom is 0.317 e. The second kappa shape index (κ2) is 20.0. The minimum Gasteiger partial charge on any atom is -0.481 e. The van der Waals surface area contributed by atoms with Gasteiger partial charge in [0.05, 0.1) is 38.5 Å². The quantitative estimate of drug-likeness (QED) is 0.0748. The van der Waals surface area contributed by atoms with Crippen LogP contribution in [0.5, 0.6) is 0 Å². The van der Waals surface area contributed by atoms with Crippen LogP contribution in [-0.4, -0.2) is 117 Å². The molecule has 0 fully saturated rings. The van der Waals surface area contributed by atoms with Crippen molar-refractivity contribution < 1.29 is 54.0 Å². The van der Waals surface area contributed by atoms with E-state index in [9.17, 15) is 43.8 Å². The fourth-order valence-corrected chi connectivity index (χ4v) is 4.59. The van der Waals surface area contributed by atoms with E-state index in [1.807, 2.05) is 30.3 Å². The van der Waals surface area contributed by atoms with Crippen LogP contribution in [0.15, 0.2) is 54.6 Å². The van der Waals surface area contributed by atoms with Crippen molar-refractivity contribution in [2.45, 2.75) is 44.3 Å².